The predicted molar refractivity (Wildman–Crippen MR) is 85.4 cm³/mol. The molecule has 2 rings (SSSR count). The summed E-state index contributed by atoms with van der Waals surface area (Å²) < 4.78 is 5.87. The summed E-state index contributed by atoms with van der Waals surface area (Å²) in [4.78, 5) is 14.0. The summed E-state index contributed by atoms with van der Waals surface area (Å²) in [5.41, 5.74) is 1.04. The van der Waals surface area contributed by atoms with Crippen molar-refractivity contribution in [1.82, 2.24) is 4.90 Å². The smallest absolute Gasteiger partial charge is 0.410 e. The minimum absolute atomic E-state index is 0.172. The molecule has 21 heavy (non-hydrogen) atoms. The van der Waals surface area contributed by atoms with Crippen LogP contribution in [0.3, 0.4) is 0 Å². The number of hydrogen-bond acceptors (Lipinski definition) is 2. The fraction of sp³-hybridized carbons (Fsp3) is 0.611. The van der Waals surface area contributed by atoms with Crippen LogP contribution < -0.4 is 0 Å². The maximum Gasteiger partial charge on any atom is 0.410 e. The Morgan fingerprint density at radius 1 is 1.19 bits per heavy atom. The van der Waals surface area contributed by atoms with Crippen molar-refractivity contribution in [3.8, 4) is 0 Å². The Morgan fingerprint density at radius 2 is 1.86 bits per heavy atom. The van der Waals surface area contributed by atoms with Gasteiger partial charge in [-0.25, -0.2) is 4.79 Å². The number of carbonyl (C=O) groups excluding carboxylic acids is 1. The van der Waals surface area contributed by atoms with Crippen molar-refractivity contribution >= 4 is 6.09 Å². The summed E-state index contributed by atoms with van der Waals surface area (Å²) >= 11 is 0. The second-order valence-electron chi connectivity index (χ2n) is 6.12. The van der Waals surface area contributed by atoms with Gasteiger partial charge in [0.05, 0.1) is 0 Å². The zero-order valence-corrected chi connectivity index (χ0v) is 13.3. The van der Waals surface area contributed by atoms with Gasteiger partial charge >= 0.3 is 6.09 Å². The first-order chi connectivity index (χ1) is 10.2. The molecule has 0 heterocycles. The number of carbonyl (C=O) groups is 1. The first-order valence-corrected chi connectivity index (χ1v) is 8.13. The van der Waals surface area contributed by atoms with Crippen LogP contribution in [-0.2, 0) is 11.2 Å². The fourth-order valence-corrected chi connectivity index (χ4v) is 3.02. The standard InChI is InChI=1S/C18H27NO2/c1-3-18(13-8-5-9-14-18)21-17(20)19(2)15-12-16-10-6-4-7-11-16/h4,6-7,10-11H,3,5,8-9,12-15H2,1-2H3. The van der Waals surface area contributed by atoms with Crippen LogP contribution in [0.15, 0.2) is 30.3 Å². The van der Waals surface area contributed by atoms with Gasteiger partial charge in [0, 0.05) is 13.6 Å². The number of amides is 1. The molecule has 1 aromatic carbocycles. The molecule has 0 saturated heterocycles. The monoisotopic (exact) mass is 289 g/mol. The van der Waals surface area contributed by atoms with Crippen LogP contribution in [0.4, 0.5) is 4.79 Å². The molecule has 0 spiro atoms. The van der Waals surface area contributed by atoms with Gasteiger partial charge in [-0.15, -0.1) is 0 Å². The molecule has 1 aromatic rings. The van der Waals surface area contributed by atoms with Crippen molar-refractivity contribution in [3.05, 3.63) is 35.9 Å². The molecule has 0 aliphatic heterocycles. The average Bonchev–Trinajstić information content (AvgIpc) is 2.54. The molecule has 116 valence electrons. The average molecular weight is 289 g/mol. The van der Waals surface area contributed by atoms with E-state index in [0.29, 0.717) is 6.54 Å². The fourth-order valence-electron chi connectivity index (χ4n) is 3.02. The molecule has 0 bridgehead atoms. The lowest BCUT2D eigenvalue weighted by Crippen LogP contribution is -2.41. The van der Waals surface area contributed by atoms with Gasteiger partial charge in [-0.3, -0.25) is 0 Å². The second kappa shape index (κ2) is 7.48. The Hall–Kier alpha value is -1.51. The van der Waals surface area contributed by atoms with E-state index in [0.717, 1.165) is 25.7 Å². The van der Waals surface area contributed by atoms with Crippen molar-refractivity contribution in [3.63, 3.8) is 0 Å². The van der Waals surface area contributed by atoms with E-state index in [1.807, 2.05) is 25.2 Å². The highest BCUT2D eigenvalue weighted by atomic mass is 16.6. The normalized spacial score (nSPS) is 17.2. The number of hydrogen-bond donors (Lipinski definition) is 0. The molecule has 1 aliphatic carbocycles. The minimum Gasteiger partial charge on any atom is -0.443 e. The lowest BCUT2D eigenvalue weighted by atomic mass is 9.83. The highest BCUT2D eigenvalue weighted by Crippen LogP contribution is 2.34. The summed E-state index contributed by atoms with van der Waals surface area (Å²) in [6, 6.07) is 10.3. The Balaban J connectivity index is 1.84. The molecule has 3 nitrogen and oxygen atoms in total. The van der Waals surface area contributed by atoms with E-state index in [-0.39, 0.29) is 11.7 Å². The molecule has 3 heteroatoms. The summed E-state index contributed by atoms with van der Waals surface area (Å²) in [5, 5.41) is 0. The molecule has 1 fully saturated rings. The van der Waals surface area contributed by atoms with Gasteiger partial charge in [0.2, 0.25) is 0 Å². The molecule has 1 aliphatic rings. The van der Waals surface area contributed by atoms with Gasteiger partial charge in [-0.1, -0.05) is 43.7 Å². The van der Waals surface area contributed by atoms with Crippen molar-refractivity contribution in [2.45, 2.75) is 57.5 Å². The number of rotatable bonds is 5. The van der Waals surface area contributed by atoms with E-state index in [1.54, 1.807) is 4.90 Å². The van der Waals surface area contributed by atoms with Gasteiger partial charge in [-0.2, -0.15) is 0 Å². The number of nitrogens with zero attached hydrogens (tertiary/aromatic N) is 1. The zero-order chi connectivity index (χ0) is 15.1. The van der Waals surface area contributed by atoms with Crippen LogP contribution in [0.25, 0.3) is 0 Å². The van der Waals surface area contributed by atoms with E-state index in [4.69, 9.17) is 4.74 Å². The first-order valence-electron chi connectivity index (χ1n) is 8.13. The molecule has 0 radical (unpaired) electrons. The summed E-state index contributed by atoms with van der Waals surface area (Å²) in [5.74, 6) is 0. The third kappa shape index (κ3) is 4.48. The van der Waals surface area contributed by atoms with Crippen LogP contribution in [-0.4, -0.2) is 30.2 Å². The molecule has 1 amide bonds. The van der Waals surface area contributed by atoms with Crippen LogP contribution >= 0.6 is 0 Å². The van der Waals surface area contributed by atoms with Crippen LogP contribution in [0.2, 0.25) is 0 Å². The summed E-state index contributed by atoms with van der Waals surface area (Å²) in [6.07, 6.45) is 7.27. The van der Waals surface area contributed by atoms with Crippen molar-refractivity contribution < 1.29 is 9.53 Å². The highest BCUT2D eigenvalue weighted by Gasteiger charge is 2.34. The molecule has 0 atom stereocenters. The lowest BCUT2D eigenvalue weighted by molar-refractivity contribution is -0.0333. The van der Waals surface area contributed by atoms with Crippen molar-refractivity contribution in [2.75, 3.05) is 13.6 Å². The van der Waals surface area contributed by atoms with E-state index in [2.05, 4.69) is 19.1 Å². The third-order valence-corrected chi connectivity index (χ3v) is 4.60. The predicted octanol–water partition coefficient (Wildman–Crippen LogP) is 4.41. The molecule has 0 N–H and O–H groups in total. The molecular weight excluding hydrogens is 262 g/mol. The first kappa shape index (κ1) is 15.9. The highest BCUT2D eigenvalue weighted by molar-refractivity contribution is 5.67. The van der Waals surface area contributed by atoms with Gasteiger partial charge in [0.1, 0.15) is 5.60 Å². The Kier molecular flexibility index (Phi) is 5.66. The molecule has 0 aromatic heterocycles. The Bertz CT molecular complexity index is 438. The van der Waals surface area contributed by atoms with Gasteiger partial charge in [-0.05, 0) is 44.1 Å². The van der Waals surface area contributed by atoms with Gasteiger partial charge < -0.3 is 9.64 Å². The van der Waals surface area contributed by atoms with E-state index >= 15 is 0 Å². The number of ether oxygens (including phenoxy) is 1. The van der Waals surface area contributed by atoms with Crippen LogP contribution in [0.1, 0.15) is 51.0 Å². The number of benzene rings is 1. The van der Waals surface area contributed by atoms with Crippen LogP contribution in [0, 0.1) is 0 Å². The molecule has 1 saturated carbocycles. The maximum atomic E-state index is 12.3. The second-order valence-corrected chi connectivity index (χ2v) is 6.12. The zero-order valence-electron chi connectivity index (χ0n) is 13.3. The van der Waals surface area contributed by atoms with Crippen molar-refractivity contribution in [1.29, 1.82) is 0 Å². The number of likely N-dealkylation sites (N-methyl/N-ethyl adjacent to an activating group) is 1. The Labute approximate surface area is 128 Å². The Morgan fingerprint density at radius 3 is 2.48 bits per heavy atom. The third-order valence-electron chi connectivity index (χ3n) is 4.60. The van der Waals surface area contributed by atoms with E-state index in [9.17, 15) is 4.79 Å². The largest absolute Gasteiger partial charge is 0.443 e. The van der Waals surface area contributed by atoms with E-state index < -0.39 is 0 Å². The molecule has 0 unspecified atom stereocenters. The summed E-state index contributed by atoms with van der Waals surface area (Å²) in [6.45, 7) is 2.82. The lowest BCUT2D eigenvalue weighted by Gasteiger charge is -2.37. The van der Waals surface area contributed by atoms with Crippen LogP contribution in [0.5, 0.6) is 0 Å². The SMILES string of the molecule is CCC1(OC(=O)N(C)CCc2ccccc2)CCCCC1. The topological polar surface area (TPSA) is 29.5 Å². The van der Waals surface area contributed by atoms with E-state index in [1.165, 1.54) is 24.8 Å². The summed E-state index contributed by atoms with van der Waals surface area (Å²) in [7, 11) is 1.83. The molecular formula is C18H27NO2. The maximum absolute atomic E-state index is 12.3. The van der Waals surface area contributed by atoms with Crippen molar-refractivity contribution in [2.24, 2.45) is 0 Å². The quantitative estimate of drug-likeness (QED) is 0.803. The van der Waals surface area contributed by atoms with Gasteiger partial charge in [0.25, 0.3) is 0 Å². The minimum atomic E-state index is -0.212. The van der Waals surface area contributed by atoms with Gasteiger partial charge in [0.15, 0.2) is 0 Å².